The predicted molar refractivity (Wildman–Crippen MR) is 100 cm³/mol. The molecule has 1 fully saturated rings. The zero-order chi connectivity index (χ0) is 15.1. The van der Waals surface area contributed by atoms with E-state index in [9.17, 15) is 0 Å². The number of halogens is 2. The molecule has 1 atom stereocenters. The minimum atomic E-state index is 0. The first-order chi connectivity index (χ1) is 10.2. The maximum atomic E-state index is 6.19. The van der Waals surface area contributed by atoms with Crippen molar-refractivity contribution in [1.29, 1.82) is 0 Å². The van der Waals surface area contributed by atoms with Gasteiger partial charge in [-0.2, -0.15) is 0 Å². The zero-order valence-electron chi connectivity index (χ0n) is 12.9. The Bertz CT molecular complexity index is 482. The molecule has 1 heterocycles. The molecule has 2 rings (SSSR count). The average molecular weight is 440 g/mol. The minimum Gasteiger partial charge on any atom is -0.376 e. The number of guanidine groups is 1. The van der Waals surface area contributed by atoms with E-state index in [-0.39, 0.29) is 30.1 Å². The Balaban J connectivity index is 0.00000242. The van der Waals surface area contributed by atoms with E-state index < -0.39 is 0 Å². The minimum absolute atomic E-state index is 0. The first-order valence-electron chi connectivity index (χ1n) is 7.05. The van der Waals surface area contributed by atoms with Crippen molar-refractivity contribution >= 4 is 41.5 Å². The molecular formula is C15H23ClIN3O2. The van der Waals surface area contributed by atoms with Gasteiger partial charge in [-0.25, -0.2) is 0 Å². The number of rotatable bonds is 4. The lowest BCUT2D eigenvalue weighted by Crippen LogP contribution is -2.45. The Morgan fingerprint density at radius 2 is 2.18 bits per heavy atom. The summed E-state index contributed by atoms with van der Waals surface area (Å²) in [7, 11) is 3.75. The molecule has 0 radical (unpaired) electrons. The van der Waals surface area contributed by atoms with Crippen LogP contribution >= 0.6 is 35.6 Å². The second kappa shape index (κ2) is 10.3. The Kier molecular flexibility index (Phi) is 9.08. The van der Waals surface area contributed by atoms with Crippen molar-refractivity contribution in [3.8, 4) is 0 Å². The van der Waals surface area contributed by atoms with Gasteiger partial charge in [0.05, 0.1) is 25.9 Å². The third kappa shape index (κ3) is 5.91. The van der Waals surface area contributed by atoms with Crippen molar-refractivity contribution < 1.29 is 9.47 Å². The summed E-state index contributed by atoms with van der Waals surface area (Å²) >= 11 is 6.19. The highest BCUT2D eigenvalue weighted by Crippen LogP contribution is 2.16. The van der Waals surface area contributed by atoms with Crippen LogP contribution in [0.2, 0.25) is 5.02 Å². The van der Waals surface area contributed by atoms with Crippen molar-refractivity contribution in [2.45, 2.75) is 12.6 Å². The molecule has 1 aromatic carbocycles. The lowest BCUT2D eigenvalue weighted by molar-refractivity contribution is -0.0851. The van der Waals surface area contributed by atoms with Gasteiger partial charge in [0.1, 0.15) is 0 Å². The summed E-state index contributed by atoms with van der Waals surface area (Å²) in [5, 5.41) is 4.07. The van der Waals surface area contributed by atoms with Crippen LogP contribution in [0.25, 0.3) is 0 Å². The van der Waals surface area contributed by atoms with Crippen molar-refractivity contribution in [1.82, 2.24) is 10.2 Å². The average Bonchev–Trinajstić information content (AvgIpc) is 2.51. The molecule has 5 nitrogen and oxygen atoms in total. The van der Waals surface area contributed by atoms with Gasteiger partial charge in [-0.1, -0.05) is 29.8 Å². The quantitative estimate of drug-likeness (QED) is 0.445. The molecule has 124 valence electrons. The summed E-state index contributed by atoms with van der Waals surface area (Å²) in [6.45, 7) is 3.33. The number of hydrogen-bond acceptors (Lipinski definition) is 3. The van der Waals surface area contributed by atoms with Crippen LogP contribution in [-0.2, 0) is 16.0 Å². The Hall–Kier alpha value is -0.570. The van der Waals surface area contributed by atoms with E-state index in [1.807, 2.05) is 36.2 Å². The van der Waals surface area contributed by atoms with Crippen LogP contribution in [-0.4, -0.2) is 57.4 Å². The second-order valence-corrected chi connectivity index (χ2v) is 5.35. The molecule has 0 amide bonds. The lowest BCUT2D eigenvalue weighted by atomic mass is 10.2. The van der Waals surface area contributed by atoms with E-state index >= 15 is 0 Å². The third-order valence-electron chi connectivity index (χ3n) is 3.31. The van der Waals surface area contributed by atoms with E-state index in [2.05, 4.69) is 10.3 Å². The number of nitrogens with one attached hydrogen (secondary N) is 1. The first-order valence-corrected chi connectivity index (χ1v) is 7.43. The monoisotopic (exact) mass is 439 g/mol. The lowest BCUT2D eigenvalue weighted by Gasteiger charge is -2.27. The molecular weight excluding hydrogens is 417 g/mol. The van der Waals surface area contributed by atoms with E-state index in [0.717, 1.165) is 16.5 Å². The van der Waals surface area contributed by atoms with Gasteiger partial charge >= 0.3 is 0 Å². The highest BCUT2D eigenvalue weighted by Gasteiger charge is 2.16. The molecule has 0 aromatic heterocycles. The largest absolute Gasteiger partial charge is 0.376 e. The molecule has 1 aliphatic heterocycles. The number of aliphatic imine (C=N–C) groups is 1. The molecule has 0 saturated carbocycles. The molecule has 0 bridgehead atoms. The number of ether oxygens (including phenoxy) is 2. The van der Waals surface area contributed by atoms with Gasteiger partial charge in [0.15, 0.2) is 5.96 Å². The maximum Gasteiger partial charge on any atom is 0.193 e. The topological polar surface area (TPSA) is 46.1 Å². The third-order valence-corrected chi connectivity index (χ3v) is 3.68. The number of nitrogens with zero attached hydrogens (tertiary/aromatic N) is 2. The highest BCUT2D eigenvalue weighted by molar-refractivity contribution is 14.0. The van der Waals surface area contributed by atoms with Gasteiger partial charge in [-0.05, 0) is 11.6 Å². The standard InChI is InChI=1S/C15H22ClN3O2.HI/c1-17-15(18-9-13-11-20-7-8-21-13)19(2)10-12-5-3-4-6-14(12)16;/h3-6,13H,7-11H2,1-2H3,(H,17,18);1H. The summed E-state index contributed by atoms with van der Waals surface area (Å²) in [4.78, 5) is 6.32. The number of hydrogen-bond donors (Lipinski definition) is 1. The molecule has 1 aliphatic rings. The van der Waals surface area contributed by atoms with E-state index in [4.69, 9.17) is 21.1 Å². The Labute approximate surface area is 154 Å². The van der Waals surface area contributed by atoms with Gasteiger partial charge in [-0.3, -0.25) is 4.99 Å². The van der Waals surface area contributed by atoms with Crippen molar-refractivity contribution in [3.05, 3.63) is 34.9 Å². The molecule has 1 N–H and O–H groups in total. The number of benzene rings is 1. The fraction of sp³-hybridized carbons (Fsp3) is 0.533. The fourth-order valence-electron chi connectivity index (χ4n) is 2.20. The van der Waals surface area contributed by atoms with Crippen LogP contribution in [0.3, 0.4) is 0 Å². The van der Waals surface area contributed by atoms with Crippen molar-refractivity contribution in [3.63, 3.8) is 0 Å². The van der Waals surface area contributed by atoms with Gasteiger partial charge < -0.3 is 19.7 Å². The maximum absolute atomic E-state index is 6.19. The summed E-state index contributed by atoms with van der Waals surface area (Å²) in [6, 6.07) is 7.83. The Morgan fingerprint density at radius 1 is 1.41 bits per heavy atom. The smallest absolute Gasteiger partial charge is 0.193 e. The van der Waals surface area contributed by atoms with Crippen LogP contribution in [0.4, 0.5) is 0 Å². The Morgan fingerprint density at radius 3 is 2.82 bits per heavy atom. The molecule has 1 saturated heterocycles. The van der Waals surface area contributed by atoms with Crippen LogP contribution in [0, 0.1) is 0 Å². The summed E-state index contributed by atoms with van der Waals surface area (Å²) < 4.78 is 11.0. The zero-order valence-corrected chi connectivity index (χ0v) is 16.0. The van der Waals surface area contributed by atoms with Crippen LogP contribution < -0.4 is 5.32 Å². The second-order valence-electron chi connectivity index (χ2n) is 4.94. The van der Waals surface area contributed by atoms with Gasteiger partial charge in [0, 0.05) is 32.2 Å². The molecule has 1 aromatic rings. The van der Waals surface area contributed by atoms with E-state index in [0.29, 0.717) is 32.9 Å². The SMILES string of the molecule is CN=C(NCC1COCCO1)N(C)Cc1ccccc1Cl.I. The van der Waals surface area contributed by atoms with Gasteiger partial charge in [0.2, 0.25) is 0 Å². The summed E-state index contributed by atoms with van der Waals surface area (Å²) in [5.41, 5.74) is 1.07. The molecule has 22 heavy (non-hydrogen) atoms. The normalized spacial score (nSPS) is 18.5. The summed E-state index contributed by atoms with van der Waals surface area (Å²) in [5.74, 6) is 0.809. The van der Waals surface area contributed by atoms with E-state index in [1.165, 1.54) is 0 Å². The fourth-order valence-corrected chi connectivity index (χ4v) is 2.40. The molecule has 1 unspecified atom stereocenters. The predicted octanol–water partition coefficient (Wildman–Crippen LogP) is 2.38. The van der Waals surface area contributed by atoms with Crippen molar-refractivity contribution in [2.75, 3.05) is 40.5 Å². The van der Waals surface area contributed by atoms with Crippen molar-refractivity contribution in [2.24, 2.45) is 4.99 Å². The molecule has 0 aliphatic carbocycles. The van der Waals surface area contributed by atoms with Gasteiger partial charge in [-0.15, -0.1) is 24.0 Å². The molecule has 7 heteroatoms. The van der Waals surface area contributed by atoms with Crippen LogP contribution in [0.5, 0.6) is 0 Å². The highest BCUT2D eigenvalue weighted by atomic mass is 127. The van der Waals surface area contributed by atoms with E-state index in [1.54, 1.807) is 7.05 Å². The van der Waals surface area contributed by atoms with Crippen LogP contribution in [0.1, 0.15) is 5.56 Å². The molecule has 0 spiro atoms. The summed E-state index contributed by atoms with van der Waals surface area (Å²) in [6.07, 6.45) is 0.0733. The van der Waals surface area contributed by atoms with Gasteiger partial charge in [0.25, 0.3) is 0 Å². The van der Waals surface area contributed by atoms with Crippen LogP contribution in [0.15, 0.2) is 29.3 Å². The first kappa shape index (κ1) is 19.5.